The summed E-state index contributed by atoms with van der Waals surface area (Å²) in [4.78, 5) is 14.5. The number of benzene rings is 2. The summed E-state index contributed by atoms with van der Waals surface area (Å²) in [7, 11) is 0. The Labute approximate surface area is 131 Å². The van der Waals surface area contributed by atoms with Crippen LogP contribution in [-0.4, -0.2) is 30.1 Å². The maximum atomic E-state index is 12.1. The first-order chi connectivity index (χ1) is 10.8. The Bertz CT molecular complexity index is 597. The molecule has 0 bridgehead atoms. The molecule has 1 heterocycles. The van der Waals surface area contributed by atoms with Crippen LogP contribution in [0.1, 0.15) is 28.8 Å². The molecule has 1 fully saturated rings. The van der Waals surface area contributed by atoms with Gasteiger partial charge in [0.05, 0.1) is 5.56 Å². The van der Waals surface area contributed by atoms with E-state index in [-0.39, 0.29) is 12.1 Å². The molecular formula is C19H21NO2. The molecular weight excluding hydrogens is 274 g/mol. The highest BCUT2D eigenvalue weighted by molar-refractivity contribution is 5.89. The van der Waals surface area contributed by atoms with E-state index < -0.39 is 0 Å². The summed E-state index contributed by atoms with van der Waals surface area (Å²) in [6.45, 7) is 2.79. The van der Waals surface area contributed by atoms with Gasteiger partial charge in [-0.1, -0.05) is 48.5 Å². The molecule has 0 aromatic heterocycles. The molecule has 0 spiro atoms. The Kier molecular flexibility index (Phi) is 4.86. The van der Waals surface area contributed by atoms with Crippen molar-refractivity contribution in [3.63, 3.8) is 0 Å². The third kappa shape index (κ3) is 3.95. The van der Waals surface area contributed by atoms with Crippen molar-refractivity contribution >= 4 is 5.97 Å². The molecule has 3 rings (SSSR count). The molecule has 1 aliphatic heterocycles. The first-order valence-electron chi connectivity index (χ1n) is 7.83. The van der Waals surface area contributed by atoms with E-state index in [1.807, 2.05) is 24.3 Å². The molecule has 1 aliphatic rings. The number of carbonyl (C=O) groups excluding carboxylic acids is 1. The smallest absolute Gasteiger partial charge is 0.338 e. The second kappa shape index (κ2) is 7.23. The summed E-state index contributed by atoms with van der Waals surface area (Å²) in [5, 5.41) is 0. The monoisotopic (exact) mass is 295 g/mol. The zero-order valence-electron chi connectivity index (χ0n) is 12.7. The van der Waals surface area contributed by atoms with Gasteiger partial charge in [0, 0.05) is 13.1 Å². The molecule has 114 valence electrons. The van der Waals surface area contributed by atoms with E-state index in [0.29, 0.717) is 5.56 Å². The third-order valence-corrected chi connectivity index (χ3v) is 3.99. The van der Waals surface area contributed by atoms with Crippen LogP contribution in [0, 0.1) is 0 Å². The van der Waals surface area contributed by atoms with E-state index in [0.717, 1.165) is 32.5 Å². The van der Waals surface area contributed by atoms with Gasteiger partial charge < -0.3 is 4.74 Å². The van der Waals surface area contributed by atoms with Crippen LogP contribution >= 0.6 is 0 Å². The summed E-state index contributed by atoms with van der Waals surface area (Å²) in [5.74, 6) is -0.216. The lowest BCUT2D eigenvalue weighted by Gasteiger charge is -2.32. The highest BCUT2D eigenvalue weighted by Gasteiger charge is 2.23. The number of likely N-dealkylation sites (tertiary alicyclic amines) is 1. The number of carbonyl (C=O) groups is 1. The highest BCUT2D eigenvalue weighted by atomic mass is 16.5. The normalized spacial score (nSPS) is 18.8. The highest BCUT2D eigenvalue weighted by Crippen LogP contribution is 2.17. The van der Waals surface area contributed by atoms with E-state index in [9.17, 15) is 4.79 Å². The predicted molar refractivity (Wildman–Crippen MR) is 86.6 cm³/mol. The van der Waals surface area contributed by atoms with Gasteiger partial charge in [-0.15, -0.1) is 0 Å². The van der Waals surface area contributed by atoms with Crippen LogP contribution in [0.25, 0.3) is 0 Å². The van der Waals surface area contributed by atoms with Gasteiger partial charge in [-0.3, -0.25) is 4.90 Å². The van der Waals surface area contributed by atoms with Gasteiger partial charge >= 0.3 is 5.97 Å². The van der Waals surface area contributed by atoms with Gasteiger partial charge in [0.2, 0.25) is 0 Å². The van der Waals surface area contributed by atoms with Crippen molar-refractivity contribution in [3.8, 4) is 0 Å². The van der Waals surface area contributed by atoms with Crippen LogP contribution in [0.15, 0.2) is 60.7 Å². The molecule has 0 amide bonds. The maximum Gasteiger partial charge on any atom is 0.338 e. The summed E-state index contributed by atoms with van der Waals surface area (Å²) in [6, 6.07) is 19.7. The number of hydrogen-bond donors (Lipinski definition) is 0. The van der Waals surface area contributed by atoms with E-state index in [2.05, 4.69) is 29.2 Å². The quantitative estimate of drug-likeness (QED) is 0.808. The minimum Gasteiger partial charge on any atom is -0.457 e. The van der Waals surface area contributed by atoms with Crippen LogP contribution < -0.4 is 0 Å². The standard InChI is InChI=1S/C19H21NO2/c21-19(17-10-5-2-6-11-17)22-18-12-7-13-20(15-18)14-16-8-3-1-4-9-16/h1-6,8-11,18H,7,12-15H2. The Morgan fingerprint density at radius 3 is 2.45 bits per heavy atom. The zero-order valence-corrected chi connectivity index (χ0v) is 12.7. The van der Waals surface area contributed by atoms with Crippen molar-refractivity contribution in [1.82, 2.24) is 4.90 Å². The molecule has 3 heteroatoms. The number of piperidine rings is 1. The fourth-order valence-electron chi connectivity index (χ4n) is 2.89. The summed E-state index contributed by atoms with van der Waals surface area (Å²) in [5.41, 5.74) is 1.93. The van der Waals surface area contributed by atoms with E-state index >= 15 is 0 Å². The molecule has 22 heavy (non-hydrogen) atoms. The number of ether oxygens (including phenoxy) is 1. The number of rotatable bonds is 4. The lowest BCUT2D eigenvalue weighted by Crippen LogP contribution is -2.40. The Hall–Kier alpha value is -2.13. The number of nitrogens with zero attached hydrogens (tertiary/aromatic N) is 1. The molecule has 0 aliphatic carbocycles. The van der Waals surface area contributed by atoms with Crippen molar-refractivity contribution in [2.75, 3.05) is 13.1 Å². The third-order valence-electron chi connectivity index (χ3n) is 3.99. The lowest BCUT2D eigenvalue weighted by molar-refractivity contribution is 0.00561. The number of hydrogen-bond acceptors (Lipinski definition) is 3. The van der Waals surface area contributed by atoms with Crippen molar-refractivity contribution in [2.45, 2.75) is 25.5 Å². The van der Waals surface area contributed by atoms with Crippen LogP contribution in [0.4, 0.5) is 0 Å². The van der Waals surface area contributed by atoms with E-state index in [1.165, 1.54) is 5.56 Å². The van der Waals surface area contributed by atoms with E-state index in [4.69, 9.17) is 4.74 Å². The molecule has 1 saturated heterocycles. The average Bonchev–Trinajstić information content (AvgIpc) is 2.57. The van der Waals surface area contributed by atoms with Gasteiger partial charge in [-0.05, 0) is 37.1 Å². The minimum atomic E-state index is -0.216. The first kappa shape index (κ1) is 14.8. The van der Waals surface area contributed by atoms with Crippen molar-refractivity contribution in [3.05, 3.63) is 71.8 Å². The average molecular weight is 295 g/mol. The van der Waals surface area contributed by atoms with Crippen molar-refractivity contribution < 1.29 is 9.53 Å². The SMILES string of the molecule is O=C(OC1CCCN(Cc2ccccc2)C1)c1ccccc1. The van der Waals surface area contributed by atoms with Gasteiger partial charge in [-0.2, -0.15) is 0 Å². The Morgan fingerprint density at radius 2 is 1.73 bits per heavy atom. The van der Waals surface area contributed by atoms with Crippen molar-refractivity contribution in [1.29, 1.82) is 0 Å². The van der Waals surface area contributed by atoms with Crippen molar-refractivity contribution in [2.24, 2.45) is 0 Å². The fourth-order valence-corrected chi connectivity index (χ4v) is 2.89. The Balaban J connectivity index is 1.55. The first-order valence-corrected chi connectivity index (χ1v) is 7.83. The molecule has 2 aromatic rings. The number of esters is 1. The summed E-state index contributed by atoms with van der Waals surface area (Å²) in [6.07, 6.45) is 2.01. The van der Waals surface area contributed by atoms with E-state index in [1.54, 1.807) is 12.1 Å². The van der Waals surface area contributed by atoms with Crippen LogP contribution in [-0.2, 0) is 11.3 Å². The maximum absolute atomic E-state index is 12.1. The van der Waals surface area contributed by atoms with Gasteiger partial charge in [-0.25, -0.2) is 4.79 Å². The van der Waals surface area contributed by atoms with Crippen LogP contribution in [0.3, 0.4) is 0 Å². The zero-order chi connectivity index (χ0) is 15.2. The van der Waals surface area contributed by atoms with Gasteiger partial charge in [0.25, 0.3) is 0 Å². The fraction of sp³-hybridized carbons (Fsp3) is 0.316. The van der Waals surface area contributed by atoms with Crippen LogP contribution in [0.2, 0.25) is 0 Å². The Morgan fingerprint density at radius 1 is 1.05 bits per heavy atom. The molecule has 0 saturated carbocycles. The molecule has 3 nitrogen and oxygen atoms in total. The minimum absolute atomic E-state index is 0.00910. The summed E-state index contributed by atoms with van der Waals surface area (Å²) < 4.78 is 5.66. The van der Waals surface area contributed by atoms with Gasteiger partial charge in [0.15, 0.2) is 0 Å². The largest absolute Gasteiger partial charge is 0.457 e. The summed E-state index contributed by atoms with van der Waals surface area (Å²) >= 11 is 0. The second-order valence-corrected chi connectivity index (χ2v) is 5.76. The molecule has 1 atom stereocenters. The van der Waals surface area contributed by atoms with Gasteiger partial charge in [0.1, 0.15) is 6.10 Å². The molecule has 0 radical (unpaired) electrons. The van der Waals surface area contributed by atoms with Crippen LogP contribution in [0.5, 0.6) is 0 Å². The lowest BCUT2D eigenvalue weighted by atomic mass is 10.1. The molecule has 0 N–H and O–H groups in total. The second-order valence-electron chi connectivity index (χ2n) is 5.76. The topological polar surface area (TPSA) is 29.5 Å². The molecule has 1 unspecified atom stereocenters. The molecule has 2 aromatic carbocycles. The predicted octanol–water partition coefficient (Wildman–Crippen LogP) is 3.51.